The number of fused-ring (bicyclic) bond motifs is 6. The van der Waals surface area contributed by atoms with Gasteiger partial charge in [-0.15, -0.1) is 0 Å². The second-order valence-electron chi connectivity index (χ2n) is 16.7. The van der Waals surface area contributed by atoms with Gasteiger partial charge in [-0.1, -0.05) is 194 Å². The van der Waals surface area contributed by atoms with Gasteiger partial charge in [0.25, 0.3) is 0 Å². The molecule has 9 aromatic rings. The summed E-state index contributed by atoms with van der Waals surface area (Å²) >= 11 is 0. The third-order valence-electron chi connectivity index (χ3n) is 13.4. The van der Waals surface area contributed by atoms with Crippen molar-refractivity contribution in [3.05, 3.63) is 310 Å². The predicted octanol–water partition coefficient (Wildman–Crippen LogP) is 14.3. The van der Waals surface area contributed by atoms with Gasteiger partial charge in [0.15, 0.2) is 0 Å². The Bertz CT molecular complexity index is 3210. The standard InChI is InChI=1S/C62H45N3/c1-2-3-5-36-57(63)61(53-32-12-8-28-49(53)50-29-9-13-33-54(50)61)47-26-18-23-44(40-47)60(59(43-21-6-4-7-22-43)46-25-20-38-64-42-46)45-24-19-27-48(41-45)62(58-37-16-17-39-65-58)55-34-14-10-30-51(55)52-31-11-15-35-56(52)62/h2-42,63H,1H3/b3-2-,36-5-,60-59-,63-57?. The molecule has 0 saturated carbocycles. The Balaban J connectivity index is 1.23. The minimum atomic E-state index is -0.879. The van der Waals surface area contributed by atoms with Gasteiger partial charge in [-0.2, -0.15) is 0 Å². The highest BCUT2D eigenvalue weighted by atomic mass is 14.7. The molecular formula is C62H45N3. The van der Waals surface area contributed by atoms with Gasteiger partial charge >= 0.3 is 0 Å². The Morgan fingerprint density at radius 3 is 1.54 bits per heavy atom. The molecule has 308 valence electrons. The average molecular weight is 832 g/mol. The van der Waals surface area contributed by atoms with Gasteiger partial charge in [0, 0.05) is 24.2 Å². The summed E-state index contributed by atoms with van der Waals surface area (Å²) in [5.41, 5.74) is 17.8. The summed E-state index contributed by atoms with van der Waals surface area (Å²) in [6.45, 7) is 2.01. The number of rotatable bonds is 10. The summed E-state index contributed by atoms with van der Waals surface area (Å²) in [5.74, 6) is 0. The maximum Gasteiger partial charge on any atom is 0.0886 e. The molecule has 2 aliphatic carbocycles. The second-order valence-corrected chi connectivity index (χ2v) is 16.7. The van der Waals surface area contributed by atoms with Crippen LogP contribution >= 0.6 is 0 Å². The lowest BCUT2D eigenvalue weighted by Gasteiger charge is -2.34. The number of pyridine rings is 2. The highest BCUT2D eigenvalue weighted by Crippen LogP contribution is 2.57. The van der Waals surface area contributed by atoms with Crippen LogP contribution in [0.4, 0.5) is 0 Å². The summed E-state index contributed by atoms with van der Waals surface area (Å²) in [7, 11) is 0. The van der Waals surface area contributed by atoms with Crippen molar-refractivity contribution in [2.24, 2.45) is 0 Å². The van der Waals surface area contributed by atoms with Crippen LogP contribution < -0.4 is 0 Å². The molecule has 0 spiro atoms. The number of benzene rings is 7. The molecule has 0 bridgehead atoms. The van der Waals surface area contributed by atoms with E-state index < -0.39 is 10.8 Å². The number of hydrogen-bond acceptors (Lipinski definition) is 3. The number of nitrogens with zero attached hydrogens (tertiary/aromatic N) is 2. The van der Waals surface area contributed by atoms with Crippen molar-refractivity contribution < 1.29 is 0 Å². The Morgan fingerprint density at radius 1 is 0.446 bits per heavy atom. The molecule has 0 saturated heterocycles. The summed E-state index contributed by atoms with van der Waals surface area (Å²) < 4.78 is 0. The predicted molar refractivity (Wildman–Crippen MR) is 267 cm³/mol. The summed E-state index contributed by atoms with van der Waals surface area (Å²) in [4.78, 5) is 9.86. The Labute approximate surface area is 381 Å². The van der Waals surface area contributed by atoms with Crippen LogP contribution in [0.1, 0.15) is 68.3 Å². The molecule has 2 aromatic heterocycles. The van der Waals surface area contributed by atoms with Crippen molar-refractivity contribution in [3.63, 3.8) is 0 Å². The monoisotopic (exact) mass is 831 g/mol. The van der Waals surface area contributed by atoms with Gasteiger partial charge in [-0.25, -0.2) is 0 Å². The second kappa shape index (κ2) is 16.5. The SMILES string of the molecule is C/C=C\C=C/C(=N)C1(c2cccc(/C(=C(\c3ccccc3)c3cccnc3)c3cccc(C4(c5ccccn5)c5ccccc5-c5ccccc54)c3)c2)c2ccccc2-c2ccccc21. The highest BCUT2D eigenvalue weighted by Gasteiger charge is 2.49. The maximum absolute atomic E-state index is 10.1. The zero-order valence-corrected chi connectivity index (χ0v) is 36.1. The molecule has 0 aliphatic heterocycles. The van der Waals surface area contributed by atoms with Gasteiger partial charge in [0.05, 0.1) is 22.2 Å². The number of nitrogens with one attached hydrogen (secondary N) is 1. The molecule has 0 radical (unpaired) electrons. The summed E-state index contributed by atoms with van der Waals surface area (Å²) in [6, 6.07) is 74.1. The normalized spacial score (nSPS) is 14.4. The van der Waals surface area contributed by atoms with Crippen molar-refractivity contribution in [3.8, 4) is 22.3 Å². The molecule has 3 nitrogen and oxygen atoms in total. The van der Waals surface area contributed by atoms with Crippen LogP contribution in [0.5, 0.6) is 0 Å². The minimum Gasteiger partial charge on any atom is -0.304 e. The third-order valence-corrected chi connectivity index (χ3v) is 13.4. The van der Waals surface area contributed by atoms with E-state index in [1.54, 1.807) is 0 Å². The van der Waals surface area contributed by atoms with Gasteiger partial charge in [0.1, 0.15) is 0 Å². The molecule has 2 aliphatic rings. The van der Waals surface area contributed by atoms with E-state index in [-0.39, 0.29) is 0 Å². The van der Waals surface area contributed by atoms with Gasteiger partial charge in [0.2, 0.25) is 0 Å². The lowest BCUT2D eigenvalue weighted by atomic mass is 9.68. The maximum atomic E-state index is 10.1. The largest absolute Gasteiger partial charge is 0.304 e. The minimum absolute atomic E-state index is 0.504. The average Bonchev–Trinajstić information content (AvgIpc) is 3.85. The molecule has 11 rings (SSSR count). The first-order chi connectivity index (χ1) is 32.2. The summed E-state index contributed by atoms with van der Waals surface area (Å²) in [5, 5.41) is 10.1. The van der Waals surface area contributed by atoms with E-state index in [0.717, 1.165) is 72.5 Å². The van der Waals surface area contributed by atoms with Crippen molar-refractivity contribution in [2.75, 3.05) is 0 Å². The molecule has 0 atom stereocenters. The molecule has 0 unspecified atom stereocenters. The van der Waals surface area contributed by atoms with Crippen LogP contribution in [0.25, 0.3) is 33.4 Å². The van der Waals surface area contributed by atoms with Crippen LogP contribution in [-0.2, 0) is 10.8 Å². The fourth-order valence-electron chi connectivity index (χ4n) is 10.8. The van der Waals surface area contributed by atoms with E-state index in [9.17, 15) is 5.41 Å². The van der Waals surface area contributed by atoms with E-state index in [1.807, 2.05) is 62.0 Å². The van der Waals surface area contributed by atoms with Crippen LogP contribution in [0.3, 0.4) is 0 Å². The third kappa shape index (κ3) is 6.23. The van der Waals surface area contributed by atoms with Crippen LogP contribution in [0.15, 0.2) is 249 Å². The number of hydrogen-bond donors (Lipinski definition) is 1. The molecular weight excluding hydrogens is 787 g/mol. The highest BCUT2D eigenvalue weighted by molar-refractivity contribution is 6.12. The van der Waals surface area contributed by atoms with E-state index in [1.165, 1.54) is 22.3 Å². The van der Waals surface area contributed by atoms with E-state index in [0.29, 0.717) is 5.71 Å². The van der Waals surface area contributed by atoms with Gasteiger partial charge in [-0.05, 0) is 127 Å². The van der Waals surface area contributed by atoms with E-state index >= 15 is 0 Å². The van der Waals surface area contributed by atoms with Crippen molar-refractivity contribution >= 4 is 16.9 Å². The first-order valence-corrected chi connectivity index (χ1v) is 22.3. The first-order valence-electron chi connectivity index (χ1n) is 22.3. The zero-order chi connectivity index (χ0) is 43.8. The Kier molecular flexibility index (Phi) is 10.0. The first kappa shape index (κ1) is 39.6. The Hall–Kier alpha value is -8.27. The van der Waals surface area contributed by atoms with Crippen LogP contribution in [0, 0.1) is 5.41 Å². The van der Waals surface area contributed by atoms with Crippen molar-refractivity contribution in [2.45, 2.75) is 17.8 Å². The smallest absolute Gasteiger partial charge is 0.0886 e. The fourth-order valence-corrected chi connectivity index (χ4v) is 10.8. The van der Waals surface area contributed by atoms with E-state index in [4.69, 9.17) is 9.97 Å². The molecule has 1 N–H and O–H groups in total. The van der Waals surface area contributed by atoms with Crippen molar-refractivity contribution in [1.29, 1.82) is 5.41 Å². The van der Waals surface area contributed by atoms with Crippen LogP contribution in [0.2, 0.25) is 0 Å². The molecule has 3 heteroatoms. The zero-order valence-electron chi connectivity index (χ0n) is 36.1. The van der Waals surface area contributed by atoms with Crippen molar-refractivity contribution in [1.82, 2.24) is 9.97 Å². The van der Waals surface area contributed by atoms with Gasteiger partial charge < -0.3 is 5.41 Å². The summed E-state index contributed by atoms with van der Waals surface area (Å²) in [6.07, 6.45) is 13.7. The van der Waals surface area contributed by atoms with E-state index in [2.05, 4.69) is 194 Å². The number of aromatic nitrogens is 2. The quantitative estimate of drug-likeness (QED) is 0.0848. The molecule has 7 aromatic carbocycles. The Morgan fingerprint density at radius 2 is 0.954 bits per heavy atom. The molecule has 2 heterocycles. The topological polar surface area (TPSA) is 49.6 Å². The molecule has 0 amide bonds. The van der Waals surface area contributed by atoms with Gasteiger partial charge in [-0.3, -0.25) is 9.97 Å². The molecule has 0 fully saturated rings. The lowest BCUT2D eigenvalue weighted by molar-refractivity contribution is 0.734. The molecule has 65 heavy (non-hydrogen) atoms. The van der Waals surface area contributed by atoms with Crippen LogP contribution in [-0.4, -0.2) is 15.7 Å². The fraction of sp³-hybridized carbons (Fsp3) is 0.0484. The lowest BCUT2D eigenvalue weighted by Crippen LogP contribution is -2.35. The number of allylic oxidation sites excluding steroid dienone is 4.